The molecule has 2 aliphatic carbocycles. The van der Waals surface area contributed by atoms with E-state index in [0.717, 1.165) is 19.4 Å². The second kappa shape index (κ2) is 6.04. The Labute approximate surface area is 125 Å². The van der Waals surface area contributed by atoms with E-state index in [1.54, 1.807) is 19.3 Å². The minimum atomic E-state index is -0.116. The third-order valence-electron chi connectivity index (χ3n) is 4.78. The molecule has 114 valence electrons. The van der Waals surface area contributed by atoms with Gasteiger partial charge in [-0.2, -0.15) is 0 Å². The minimum Gasteiger partial charge on any atom is -0.335 e. The fourth-order valence-electron chi connectivity index (χ4n) is 3.28. The van der Waals surface area contributed by atoms with Gasteiger partial charge in [0, 0.05) is 37.5 Å². The van der Waals surface area contributed by atoms with Crippen LogP contribution in [0.5, 0.6) is 0 Å². The van der Waals surface area contributed by atoms with Gasteiger partial charge in [0.25, 0.3) is 11.5 Å². The van der Waals surface area contributed by atoms with Gasteiger partial charge in [-0.25, -0.2) is 0 Å². The van der Waals surface area contributed by atoms with E-state index in [2.05, 4.69) is 0 Å². The fraction of sp³-hybridized carbons (Fsp3) is 0.647. The maximum atomic E-state index is 12.7. The lowest BCUT2D eigenvalue weighted by atomic mass is 9.89. The van der Waals surface area contributed by atoms with Crippen LogP contribution in [-0.4, -0.2) is 28.0 Å². The van der Waals surface area contributed by atoms with Gasteiger partial charge >= 0.3 is 0 Å². The Morgan fingerprint density at radius 3 is 2.57 bits per heavy atom. The Morgan fingerprint density at radius 1 is 1.24 bits per heavy atom. The summed E-state index contributed by atoms with van der Waals surface area (Å²) in [4.78, 5) is 26.5. The molecule has 4 nitrogen and oxygen atoms in total. The smallest absolute Gasteiger partial charge is 0.254 e. The quantitative estimate of drug-likeness (QED) is 0.854. The predicted octanol–water partition coefficient (Wildman–Crippen LogP) is 2.57. The number of aryl methyl sites for hydroxylation is 1. The first kappa shape index (κ1) is 14.4. The van der Waals surface area contributed by atoms with Gasteiger partial charge in [-0.3, -0.25) is 9.59 Å². The van der Waals surface area contributed by atoms with E-state index in [9.17, 15) is 9.59 Å². The SMILES string of the molecule is Cn1ccc(C(=O)N(CC2CCCCC2)C2CC2)cc1=O. The molecule has 0 saturated heterocycles. The molecule has 1 amide bonds. The average molecular weight is 288 g/mol. The van der Waals surface area contributed by atoms with E-state index >= 15 is 0 Å². The molecular weight excluding hydrogens is 264 g/mol. The normalized spacial score (nSPS) is 19.5. The lowest BCUT2D eigenvalue weighted by Crippen LogP contribution is -2.38. The van der Waals surface area contributed by atoms with E-state index < -0.39 is 0 Å². The molecule has 1 aromatic rings. The molecule has 4 heteroatoms. The van der Waals surface area contributed by atoms with Crippen LogP contribution in [0.2, 0.25) is 0 Å². The monoisotopic (exact) mass is 288 g/mol. The first-order valence-corrected chi connectivity index (χ1v) is 8.13. The molecule has 2 saturated carbocycles. The van der Waals surface area contributed by atoms with Crippen molar-refractivity contribution in [2.75, 3.05) is 6.54 Å². The van der Waals surface area contributed by atoms with E-state index in [1.165, 1.54) is 42.7 Å². The fourth-order valence-corrected chi connectivity index (χ4v) is 3.28. The van der Waals surface area contributed by atoms with Crippen LogP contribution in [0, 0.1) is 5.92 Å². The third-order valence-corrected chi connectivity index (χ3v) is 4.78. The van der Waals surface area contributed by atoms with Gasteiger partial charge in [-0.15, -0.1) is 0 Å². The molecule has 0 N–H and O–H groups in total. The summed E-state index contributed by atoms with van der Waals surface area (Å²) in [7, 11) is 1.71. The zero-order valence-corrected chi connectivity index (χ0v) is 12.8. The minimum absolute atomic E-state index is 0.0424. The molecule has 1 heterocycles. The molecule has 1 aromatic heterocycles. The van der Waals surface area contributed by atoms with Crippen molar-refractivity contribution >= 4 is 5.91 Å². The first-order chi connectivity index (χ1) is 10.1. The highest BCUT2D eigenvalue weighted by Gasteiger charge is 2.34. The van der Waals surface area contributed by atoms with E-state index in [0.29, 0.717) is 17.5 Å². The van der Waals surface area contributed by atoms with Crippen molar-refractivity contribution in [3.8, 4) is 0 Å². The summed E-state index contributed by atoms with van der Waals surface area (Å²) in [5.41, 5.74) is 0.426. The topological polar surface area (TPSA) is 42.3 Å². The number of carbonyl (C=O) groups is 1. The van der Waals surface area contributed by atoms with Crippen molar-refractivity contribution < 1.29 is 4.79 Å². The van der Waals surface area contributed by atoms with Crippen LogP contribution in [-0.2, 0) is 7.05 Å². The standard InChI is InChI=1S/C17H24N2O2/c1-18-10-9-14(11-16(18)20)17(21)19(15-7-8-15)12-13-5-3-2-4-6-13/h9-11,13,15H,2-8,12H2,1H3. The Bertz CT molecular complexity index is 568. The summed E-state index contributed by atoms with van der Waals surface area (Å²) in [6, 6.07) is 3.64. The Hall–Kier alpha value is -1.58. The van der Waals surface area contributed by atoms with Gasteiger partial charge in [-0.05, 0) is 37.7 Å². The van der Waals surface area contributed by atoms with Crippen LogP contribution >= 0.6 is 0 Å². The number of pyridine rings is 1. The van der Waals surface area contributed by atoms with Crippen LogP contribution < -0.4 is 5.56 Å². The largest absolute Gasteiger partial charge is 0.335 e. The molecule has 0 unspecified atom stereocenters. The van der Waals surface area contributed by atoms with Crippen molar-refractivity contribution in [1.82, 2.24) is 9.47 Å². The highest BCUT2D eigenvalue weighted by molar-refractivity contribution is 5.94. The van der Waals surface area contributed by atoms with E-state index in [4.69, 9.17) is 0 Å². The van der Waals surface area contributed by atoms with Crippen LogP contribution in [0.3, 0.4) is 0 Å². The van der Waals surface area contributed by atoms with Crippen molar-refractivity contribution in [3.63, 3.8) is 0 Å². The number of carbonyl (C=O) groups excluding carboxylic acids is 1. The molecule has 0 spiro atoms. The maximum absolute atomic E-state index is 12.7. The molecule has 2 aliphatic rings. The van der Waals surface area contributed by atoms with Crippen molar-refractivity contribution in [1.29, 1.82) is 0 Å². The Kier molecular flexibility index (Phi) is 4.13. The van der Waals surface area contributed by atoms with Gasteiger partial charge in [0.15, 0.2) is 0 Å². The molecule has 0 aliphatic heterocycles. The molecule has 0 aromatic carbocycles. The summed E-state index contributed by atoms with van der Waals surface area (Å²) in [5, 5.41) is 0. The van der Waals surface area contributed by atoms with Crippen molar-refractivity contribution in [2.24, 2.45) is 13.0 Å². The summed E-state index contributed by atoms with van der Waals surface area (Å²) in [5.74, 6) is 0.690. The molecule has 0 atom stereocenters. The van der Waals surface area contributed by atoms with Gasteiger partial charge in [-0.1, -0.05) is 19.3 Å². The zero-order chi connectivity index (χ0) is 14.8. The Balaban J connectivity index is 1.74. The lowest BCUT2D eigenvalue weighted by molar-refractivity contribution is 0.0698. The molecule has 0 bridgehead atoms. The summed E-state index contributed by atoms with van der Waals surface area (Å²) in [6.45, 7) is 0.874. The van der Waals surface area contributed by atoms with Gasteiger partial charge in [0.1, 0.15) is 0 Å². The molecular formula is C17H24N2O2. The highest BCUT2D eigenvalue weighted by Crippen LogP contribution is 2.32. The molecule has 0 radical (unpaired) electrons. The number of nitrogens with zero attached hydrogens (tertiary/aromatic N) is 2. The van der Waals surface area contributed by atoms with Crippen molar-refractivity contribution in [3.05, 3.63) is 34.2 Å². The second-order valence-corrected chi connectivity index (χ2v) is 6.56. The number of amides is 1. The van der Waals surface area contributed by atoms with Crippen molar-refractivity contribution in [2.45, 2.75) is 51.0 Å². The van der Waals surface area contributed by atoms with Crippen LogP contribution in [0.4, 0.5) is 0 Å². The number of aromatic nitrogens is 1. The number of rotatable bonds is 4. The Morgan fingerprint density at radius 2 is 1.95 bits per heavy atom. The maximum Gasteiger partial charge on any atom is 0.254 e. The molecule has 3 rings (SSSR count). The van der Waals surface area contributed by atoms with Gasteiger partial charge < -0.3 is 9.47 Å². The van der Waals surface area contributed by atoms with E-state index in [-0.39, 0.29) is 11.5 Å². The van der Waals surface area contributed by atoms with E-state index in [1.807, 2.05) is 4.90 Å². The first-order valence-electron chi connectivity index (χ1n) is 8.13. The van der Waals surface area contributed by atoms with Crippen LogP contribution in [0.1, 0.15) is 55.3 Å². The van der Waals surface area contributed by atoms with Crippen LogP contribution in [0.15, 0.2) is 23.1 Å². The van der Waals surface area contributed by atoms with Crippen LogP contribution in [0.25, 0.3) is 0 Å². The molecule has 2 fully saturated rings. The summed E-state index contributed by atoms with van der Waals surface area (Å²) < 4.78 is 1.50. The third kappa shape index (κ3) is 3.36. The summed E-state index contributed by atoms with van der Waals surface area (Å²) in [6.07, 6.45) is 10.3. The second-order valence-electron chi connectivity index (χ2n) is 6.56. The van der Waals surface area contributed by atoms with Gasteiger partial charge in [0.05, 0.1) is 0 Å². The predicted molar refractivity (Wildman–Crippen MR) is 82.3 cm³/mol. The van der Waals surface area contributed by atoms with Gasteiger partial charge in [0.2, 0.25) is 0 Å². The zero-order valence-electron chi connectivity index (χ0n) is 12.8. The number of hydrogen-bond donors (Lipinski definition) is 0. The molecule has 21 heavy (non-hydrogen) atoms. The summed E-state index contributed by atoms with van der Waals surface area (Å²) >= 11 is 0. The highest BCUT2D eigenvalue weighted by atomic mass is 16.2. The average Bonchev–Trinajstić information content (AvgIpc) is 3.33. The number of hydrogen-bond acceptors (Lipinski definition) is 2. The lowest BCUT2D eigenvalue weighted by Gasteiger charge is -2.30.